The highest BCUT2D eigenvalue weighted by atomic mass is 35.7. The van der Waals surface area contributed by atoms with Crippen LogP contribution in [0.3, 0.4) is 0 Å². The maximum absolute atomic E-state index is 13.6. The molecule has 0 fully saturated rings. The summed E-state index contributed by atoms with van der Waals surface area (Å²) >= 11 is 0. The van der Waals surface area contributed by atoms with Gasteiger partial charge in [-0.25, -0.2) is 17.2 Å². The standard InChI is InChI=1S/C11H12ClF2NO5S/c1-19-3-2-15-10(16)6-20-11-8(14)4-7(13)5-9(11)21(12,17)18/h4-5H,2-3,6H2,1H3,(H,15,16). The van der Waals surface area contributed by atoms with Crippen LogP contribution < -0.4 is 10.1 Å². The van der Waals surface area contributed by atoms with Gasteiger partial charge in [-0.05, 0) is 6.07 Å². The van der Waals surface area contributed by atoms with Gasteiger partial charge >= 0.3 is 0 Å². The predicted octanol–water partition coefficient (Wildman–Crippen LogP) is 1.03. The zero-order valence-electron chi connectivity index (χ0n) is 10.9. The van der Waals surface area contributed by atoms with E-state index in [1.807, 2.05) is 0 Å². The lowest BCUT2D eigenvalue weighted by Gasteiger charge is -2.11. The van der Waals surface area contributed by atoms with Gasteiger partial charge in [-0.3, -0.25) is 4.79 Å². The van der Waals surface area contributed by atoms with Crippen LogP contribution in [0.25, 0.3) is 0 Å². The molecule has 0 spiro atoms. The Balaban J connectivity index is 2.86. The SMILES string of the molecule is COCCNC(=O)COc1c(F)cc(F)cc1S(=O)(=O)Cl. The molecule has 0 saturated carbocycles. The van der Waals surface area contributed by atoms with Crippen LogP contribution in [0.2, 0.25) is 0 Å². The first kappa shape index (κ1) is 17.6. The fourth-order valence-corrected chi connectivity index (χ4v) is 2.31. The van der Waals surface area contributed by atoms with Crippen LogP contribution in [-0.4, -0.2) is 41.2 Å². The van der Waals surface area contributed by atoms with Crippen molar-refractivity contribution >= 4 is 25.6 Å². The van der Waals surface area contributed by atoms with Gasteiger partial charge in [0.1, 0.15) is 10.7 Å². The molecule has 0 aromatic heterocycles. The van der Waals surface area contributed by atoms with Crippen molar-refractivity contribution < 1.29 is 31.5 Å². The molecular weight excluding hydrogens is 332 g/mol. The van der Waals surface area contributed by atoms with E-state index in [1.165, 1.54) is 7.11 Å². The van der Waals surface area contributed by atoms with Crippen molar-refractivity contribution in [2.75, 3.05) is 26.9 Å². The van der Waals surface area contributed by atoms with E-state index in [-0.39, 0.29) is 13.2 Å². The lowest BCUT2D eigenvalue weighted by atomic mass is 10.3. The van der Waals surface area contributed by atoms with Gasteiger partial charge < -0.3 is 14.8 Å². The Morgan fingerprint density at radius 2 is 2.05 bits per heavy atom. The molecule has 10 heteroatoms. The normalized spacial score (nSPS) is 11.2. The minimum atomic E-state index is -4.43. The first-order valence-electron chi connectivity index (χ1n) is 5.58. The number of halogens is 3. The molecule has 0 radical (unpaired) electrons. The third kappa shape index (κ3) is 5.44. The van der Waals surface area contributed by atoms with Gasteiger partial charge in [0.15, 0.2) is 18.2 Å². The molecule has 1 aromatic carbocycles. The number of methoxy groups -OCH3 is 1. The second-order valence-electron chi connectivity index (χ2n) is 3.78. The summed E-state index contributed by atoms with van der Waals surface area (Å²) < 4.78 is 58.6. The van der Waals surface area contributed by atoms with Crippen molar-refractivity contribution in [1.82, 2.24) is 5.32 Å². The highest BCUT2D eigenvalue weighted by Crippen LogP contribution is 2.30. The summed E-state index contributed by atoms with van der Waals surface area (Å²) in [5, 5.41) is 2.37. The Kier molecular flexibility index (Phi) is 6.31. The lowest BCUT2D eigenvalue weighted by Crippen LogP contribution is -2.31. The largest absolute Gasteiger partial charge is 0.479 e. The number of benzene rings is 1. The summed E-state index contributed by atoms with van der Waals surface area (Å²) in [6.07, 6.45) is 0. The first-order valence-corrected chi connectivity index (χ1v) is 7.88. The van der Waals surface area contributed by atoms with Gasteiger partial charge in [0.2, 0.25) is 0 Å². The van der Waals surface area contributed by atoms with Crippen molar-refractivity contribution in [1.29, 1.82) is 0 Å². The molecule has 0 aliphatic carbocycles. The lowest BCUT2D eigenvalue weighted by molar-refractivity contribution is -0.123. The van der Waals surface area contributed by atoms with Gasteiger partial charge in [-0.15, -0.1) is 0 Å². The summed E-state index contributed by atoms with van der Waals surface area (Å²) in [5.74, 6) is -3.86. The molecule has 1 amide bonds. The summed E-state index contributed by atoms with van der Waals surface area (Å²) in [7, 11) is 2.07. The van der Waals surface area contributed by atoms with E-state index in [4.69, 9.17) is 20.2 Å². The van der Waals surface area contributed by atoms with E-state index < -0.39 is 43.8 Å². The smallest absolute Gasteiger partial charge is 0.265 e. The van der Waals surface area contributed by atoms with Crippen LogP contribution in [0.5, 0.6) is 5.75 Å². The highest BCUT2D eigenvalue weighted by molar-refractivity contribution is 8.13. The molecule has 21 heavy (non-hydrogen) atoms. The summed E-state index contributed by atoms with van der Waals surface area (Å²) in [6, 6.07) is 0.924. The van der Waals surface area contributed by atoms with Crippen LogP contribution in [-0.2, 0) is 18.6 Å². The summed E-state index contributed by atoms with van der Waals surface area (Å²) in [5.41, 5.74) is 0. The predicted molar refractivity (Wildman–Crippen MR) is 69.8 cm³/mol. The van der Waals surface area contributed by atoms with Crippen LogP contribution in [0.1, 0.15) is 0 Å². The molecule has 0 aliphatic rings. The molecule has 0 unspecified atom stereocenters. The molecule has 1 N–H and O–H groups in total. The Morgan fingerprint density at radius 3 is 2.62 bits per heavy atom. The quantitative estimate of drug-likeness (QED) is 0.591. The fraction of sp³-hybridized carbons (Fsp3) is 0.364. The van der Waals surface area contributed by atoms with E-state index in [2.05, 4.69) is 5.32 Å². The molecular formula is C11H12ClF2NO5S. The van der Waals surface area contributed by atoms with Crippen molar-refractivity contribution in [3.8, 4) is 5.75 Å². The van der Waals surface area contributed by atoms with E-state index >= 15 is 0 Å². The van der Waals surface area contributed by atoms with Crippen LogP contribution >= 0.6 is 10.7 Å². The second-order valence-corrected chi connectivity index (χ2v) is 6.32. The Labute approximate surface area is 124 Å². The monoisotopic (exact) mass is 343 g/mol. The molecule has 118 valence electrons. The molecule has 0 bridgehead atoms. The molecule has 0 heterocycles. The van der Waals surface area contributed by atoms with E-state index in [0.717, 1.165) is 0 Å². The Hall–Kier alpha value is -1.45. The highest BCUT2D eigenvalue weighted by Gasteiger charge is 2.23. The van der Waals surface area contributed by atoms with E-state index in [9.17, 15) is 22.0 Å². The maximum atomic E-state index is 13.6. The summed E-state index contributed by atoms with van der Waals surface area (Å²) in [6.45, 7) is -0.200. The van der Waals surface area contributed by atoms with Crippen LogP contribution in [0.4, 0.5) is 8.78 Å². The van der Waals surface area contributed by atoms with Gasteiger partial charge in [0, 0.05) is 30.4 Å². The van der Waals surface area contributed by atoms with E-state index in [1.54, 1.807) is 0 Å². The van der Waals surface area contributed by atoms with Crippen molar-refractivity contribution in [2.45, 2.75) is 4.90 Å². The number of carbonyl (C=O) groups excluding carboxylic acids is 1. The number of rotatable bonds is 7. The number of amides is 1. The van der Waals surface area contributed by atoms with E-state index in [0.29, 0.717) is 12.1 Å². The molecule has 0 saturated heterocycles. The van der Waals surface area contributed by atoms with Gasteiger partial charge in [0.05, 0.1) is 6.61 Å². The molecule has 0 aliphatic heterocycles. The zero-order valence-corrected chi connectivity index (χ0v) is 12.4. The van der Waals surface area contributed by atoms with Crippen LogP contribution in [0.15, 0.2) is 17.0 Å². The Morgan fingerprint density at radius 1 is 1.38 bits per heavy atom. The molecule has 1 aromatic rings. The zero-order chi connectivity index (χ0) is 16.0. The number of ether oxygens (including phenoxy) is 2. The van der Waals surface area contributed by atoms with Gasteiger partial charge in [-0.1, -0.05) is 0 Å². The number of hydrogen-bond acceptors (Lipinski definition) is 5. The minimum absolute atomic E-state index is 0.200. The average Bonchev–Trinajstić information content (AvgIpc) is 2.36. The number of carbonyl (C=O) groups is 1. The van der Waals surface area contributed by atoms with Gasteiger partial charge in [-0.2, -0.15) is 0 Å². The first-order chi connectivity index (χ1) is 9.75. The van der Waals surface area contributed by atoms with Crippen molar-refractivity contribution in [3.05, 3.63) is 23.8 Å². The Bertz CT molecular complexity index is 623. The number of hydrogen-bond donors (Lipinski definition) is 1. The number of nitrogens with one attached hydrogen (secondary N) is 1. The van der Waals surface area contributed by atoms with Crippen molar-refractivity contribution in [3.63, 3.8) is 0 Å². The molecule has 1 rings (SSSR count). The van der Waals surface area contributed by atoms with Crippen LogP contribution in [0, 0.1) is 11.6 Å². The second kappa shape index (κ2) is 7.53. The minimum Gasteiger partial charge on any atom is -0.479 e. The third-order valence-corrected chi connectivity index (χ3v) is 3.54. The maximum Gasteiger partial charge on any atom is 0.265 e. The average molecular weight is 344 g/mol. The topological polar surface area (TPSA) is 81.7 Å². The fourth-order valence-electron chi connectivity index (χ4n) is 1.34. The third-order valence-electron chi connectivity index (χ3n) is 2.21. The van der Waals surface area contributed by atoms with Gasteiger partial charge in [0.25, 0.3) is 15.0 Å². The molecule has 6 nitrogen and oxygen atoms in total. The summed E-state index contributed by atoms with van der Waals surface area (Å²) in [4.78, 5) is 10.5. The molecule has 0 atom stereocenters. The van der Waals surface area contributed by atoms with Crippen molar-refractivity contribution in [2.24, 2.45) is 0 Å².